The summed E-state index contributed by atoms with van der Waals surface area (Å²) in [6, 6.07) is 7.45. The highest BCUT2D eigenvalue weighted by Gasteiger charge is 2.09. The van der Waals surface area contributed by atoms with Gasteiger partial charge in [-0.1, -0.05) is 15.9 Å². The van der Waals surface area contributed by atoms with E-state index in [1.165, 1.54) is 0 Å². The van der Waals surface area contributed by atoms with Crippen molar-refractivity contribution in [3.8, 4) is 0 Å². The van der Waals surface area contributed by atoms with Crippen molar-refractivity contribution in [1.82, 2.24) is 4.57 Å². The van der Waals surface area contributed by atoms with Crippen LogP contribution in [0.15, 0.2) is 33.5 Å². The van der Waals surface area contributed by atoms with Crippen LogP contribution in [-0.2, 0) is 7.05 Å². The van der Waals surface area contributed by atoms with Gasteiger partial charge in [-0.25, -0.2) is 0 Å². The molecule has 1 aromatic heterocycles. The Morgan fingerprint density at radius 3 is 2.69 bits per heavy atom. The lowest BCUT2D eigenvalue weighted by Gasteiger charge is -2.11. The molecule has 2 rings (SSSR count). The molecular weight excluding hydrogens is 268 g/mol. The van der Waals surface area contributed by atoms with Crippen LogP contribution in [0.4, 0.5) is 0 Å². The normalized spacial score (nSPS) is 13.0. The fourth-order valence-electron chi connectivity index (χ4n) is 1.80. The highest BCUT2D eigenvalue weighted by atomic mass is 79.9. The standard InChI is InChI=1S/C12H13BrN2O/c1-7(14)10-6-8-5-9(13)3-4-11(8)15(2)12(10)16/h3-7H,14H2,1-2H3. The zero-order chi connectivity index (χ0) is 11.9. The molecule has 1 unspecified atom stereocenters. The largest absolute Gasteiger partial charge is 0.324 e. The van der Waals surface area contributed by atoms with E-state index in [4.69, 9.17) is 5.73 Å². The molecular formula is C12H13BrN2O. The fourth-order valence-corrected chi connectivity index (χ4v) is 2.18. The maximum absolute atomic E-state index is 12.0. The number of benzene rings is 1. The van der Waals surface area contributed by atoms with Crippen LogP contribution in [0.3, 0.4) is 0 Å². The van der Waals surface area contributed by atoms with Crippen LogP contribution >= 0.6 is 15.9 Å². The second-order valence-corrected chi connectivity index (χ2v) is 4.87. The summed E-state index contributed by atoms with van der Waals surface area (Å²) < 4.78 is 2.63. The van der Waals surface area contributed by atoms with Gasteiger partial charge in [0.25, 0.3) is 5.56 Å². The molecule has 0 saturated heterocycles. The van der Waals surface area contributed by atoms with Crippen molar-refractivity contribution in [1.29, 1.82) is 0 Å². The first-order chi connectivity index (χ1) is 7.50. The minimum absolute atomic E-state index is 0.0233. The lowest BCUT2D eigenvalue weighted by molar-refractivity contribution is 0.772. The van der Waals surface area contributed by atoms with Crippen molar-refractivity contribution in [2.75, 3.05) is 0 Å². The van der Waals surface area contributed by atoms with Gasteiger partial charge in [-0.2, -0.15) is 0 Å². The maximum Gasteiger partial charge on any atom is 0.255 e. The Morgan fingerprint density at radius 1 is 1.38 bits per heavy atom. The SMILES string of the molecule is CC(N)c1cc2cc(Br)ccc2n(C)c1=O. The number of halogens is 1. The number of fused-ring (bicyclic) bond motifs is 1. The van der Waals surface area contributed by atoms with Crippen molar-refractivity contribution < 1.29 is 0 Å². The monoisotopic (exact) mass is 280 g/mol. The third kappa shape index (κ3) is 1.79. The molecule has 1 atom stereocenters. The molecule has 0 saturated carbocycles. The lowest BCUT2D eigenvalue weighted by Crippen LogP contribution is -2.25. The summed E-state index contributed by atoms with van der Waals surface area (Å²) in [6.45, 7) is 1.82. The molecule has 84 valence electrons. The Hall–Kier alpha value is -1.13. The summed E-state index contributed by atoms with van der Waals surface area (Å²) in [5, 5.41) is 1.02. The van der Waals surface area contributed by atoms with Gasteiger partial charge in [-0.15, -0.1) is 0 Å². The van der Waals surface area contributed by atoms with E-state index in [0.29, 0.717) is 5.56 Å². The first-order valence-corrected chi connectivity index (χ1v) is 5.85. The van der Waals surface area contributed by atoms with E-state index < -0.39 is 0 Å². The zero-order valence-electron chi connectivity index (χ0n) is 9.20. The minimum atomic E-state index is -0.248. The highest BCUT2D eigenvalue weighted by Crippen LogP contribution is 2.20. The van der Waals surface area contributed by atoms with Gasteiger partial charge in [-0.3, -0.25) is 4.79 Å². The molecule has 16 heavy (non-hydrogen) atoms. The molecule has 0 bridgehead atoms. The number of nitrogens with two attached hydrogens (primary N) is 1. The molecule has 0 radical (unpaired) electrons. The average Bonchev–Trinajstić information content (AvgIpc) is 2.22. The number of rotatable bonds is 1. The summed E-state index contributed by atoms with van der Waals surface area (Å²) >= 11 is 3.42. The Bertz CT molecular complexity index is 602. The third-order valence-electron chi connectivity index (χ3n) is 2.70. The average molecular weight is 281 g/mol. The molecule has 0 aliphatic rings. The van der Waals surface area contributed by atoms with Gasteiger partial charge < -0.3 is 10.3 Å². The smallest absolute Gasteiger partial charge is 0.255 e. The molecule has 0 fully saturated rings. The summed E-state index contributed by atoms with van der Waals surface area (Å²) in [6.07, 6.45) is 0. The van der Waals surface area contributed by atoms with E-state index in [-0.39, 0.29) is 11.6 Å². The fraction of sp³-hybridized carbons (Fsp3) is 0.250. The van der Waals surface area contributed by atoms with Crippen LogP contribution in [0.5, 0.6) is 0 Å². The second kappa shape index (κ2) is 4.03. The van der Waals surface area contributed by atoms with Crippen LogP contribution in [0.1, 0.15) is 18.5 Å². The van der Waals surface area contributed by atoms with Gasteiger partial charge in [0.1, 0.15) is 0 Å². The molecule has 2 aromatic rings. The van der Waals surface area contributed by atoms with Crippen LogP contribution < -0.4 is 11.3 Å². The number of aromatic nitrogens is 1. The van der Waals surface area contributed by atoms with Gasteiger partial charge in [0, 0.05) is 23.1 Å². The first-order valence-electron chi connectivity index (χ1n) is 5.05. The lowest BCUT2D eigenvalue weighted by atomic mass is 10.1. The maximum atomic E-state index is 12.0. The highest BCUT2D eigenvalue weighted by molar-refractivity contribution is 9.10. The number of nitrogens with zero attached hydrogens (tertiary/aromatic N) is 1. The molecule has 2 N–H and O–H groups in total. The van der Waals surface area contributed by atoms with Crippen LogP contribution in [0.2, 0.25) is 0 Å². The van der Waals surface area contributed by atoms with E-state index in [2.05, 4.69) is 15.9 Å². The summed E-state index contributed by atoms with van der Waals surface area (Å²) in [5.74, 6) is 0. The van der Waals surface area contributed by atoms with Crippen molar-refractivity contribution >= 4 is 26.8 Å². The number of pyridine rings is 1. The molecule has 3 nitrogen and oxygen atoms in total. The molecule has 0 aliphatic carbocycles. The van der Waals surface area contributed by atoms with Gasteiger partial charge in [0.05, 0.1) is 5.52 Å². The van der Waals surface area contributed by atoms with Crippen LogP contribution in [-0.4, -0.2) is 4.57 Å². The Morgan fingerprint density at radius 2 is 2.06 bits per heavy atom. The van der Waals surface area contributed by atoms with Crippen LogP contribution in [0.25, 0.3) is 10.9 Å². The van der Waals surface area contributed by atoms with Gasteiger partial charge in [0.2, 0.25) is 0 Å². The van der Waals surface area contributed by atoms with E-state index >= 15 is 0 Å². The molecule has 4 heteroatoms. The number of hydrogen-bond donors (Lipinski definition) is 1. The van der Waals surface area contributed by atoms with E-state index in [9.17, 15) is 4.79 Å². The Balaban J connectivity index is 2.89. The zero-order valence-corrected chi connectivity index (χ0v) is 10.8. The molecule has 1 aromatic carbocycles. The number of aryl methyl sites for hydroxylation is 1. The topological polar surface area (TPSA) is 48.0 Å². The van der Waals surface area contributed by atoms with E-state index in [0.717, 1.165) is 15.4 Å². The van der Waals surface area contributed by atoms with Crippen molar-refractivity contribution in [2.45, 2.75) is 13.0 Å². The predicted octanol–water partition coefficient (Wildman–Crippen LogP) is 2.32. The predicted molar refractivity (Wildman–Crippen MR) is 69.5 cm³/mol. The van der Waals surface area contributed by atoms with Crippen molar-refractivity contribution in [2.24, 2.45) is 12.8 Å². The molecule has 0 aliphatic heterocycles. The molecule has 0 amide bonds. The minimum Gasteiger partial charge on any atom is -0.324 e. The number of hydrogen-bond acceptors (Lipinski definition) is 2. The molecule has 0 spiro atoms. The van der Waals surface area contributed by atoms with Crippen molar-refractivity contribution in [3.05, 3.63) is 44.7 Å². The Kier molecular flexibility index (Phi) is 2.86. The van der Waals surface area contributed by atoms with Gasteiger partial charge in [0.15, 0.2) is 0 Å². The Labute approximate surface area is 102 Å². The summed E-state index contributed by atoms with van der Waals surface area (Å²) in [5.41, 5.74) is 7.32. The van der Waals surface area contributed by atoms with Gasteiger partial charge in [-0.05, 0) is 36.6 Å². The quantitative estimate of drug-likeness (QED) is 0.872. The summed E-state index contributed by atoms with van der Waals surface area (Å²) in [7, 11) is 1.77. The van der Waals surface area contributed by atoms with E-state index in [1.54, 1.807) is 11.6 Å². The summed E-state index contributed by atoms with van der Waals surface area (Å²) in [4.78, 5) is 12.0. The first kappa shape index (κ1) is 11.4. The van der Waals surface area contributed by atoms with Crippen LogP contribution in [0, 0.1) is 0 Å². The molecule has 1 heterocycles. The van der Waals surface area contributed by atoms with E-state index in [1.807, 2.05) is 31.2 Å². The van der Waals surface area contributed by atoms with Gasteiger partial charge >= 0.3 is 0 Å². The third-order valence-corrected chi connectivity index (χ3v) is 3.20. The second-order valence-electron chi connectivity index (χ2n) is 3.96. The van der Waals surface area contributed by atoms with Crippen molar-refractivity contribution in [3.63, 3.8) is 0 Å².